The number of rotatable bonds is 7. The molecule has 0 aliphatic carbocycles. The van der Waals surface area contributed by atoms with E-state index in [1.807, 2.05) is 38.2 Å². The van der Waals surface area contributed by atoms with Crippen LogP contribution in [0.1, 0.15) is 35.2 Å². The van der Waals surface area contributed by atoms with Crippen molar-refractivity contribution < 1.29 is 13.7 Å². The molecule has 0 spiro atoms. The third-order valence-corrected chi connectivity index (χ3v) is 3.99. The molecule has 1 amide bonds. The van der Waals surface area contributed by atoms with Crippen molar-refractivity contribution in [2.45, 2.75) is 32.7 Å². The summed E-state index contributed by atoms with van der Waals surface area (Å²) in [4.78, 5) is 12.2. The topological polar surface area (TPSA) is 86.1 Å². The fourth-order valence-corrected chi connectivity index (χ4v) is 2.67. The maximum absolute atomic E-state index is 12.2. The maximum atomic E-state index is 12.2. The zero-order chi connectivity index (χ0) is 16.9. The summed E-state index contributed by atoms with van der Waals surface area (Å²) in [5, 5.41) is 11.1. The van der Waals surface area contributed by atoms with Gasteiger partial charge in [-0.1, -0.05) is 5.16 Å². The highest BCUT2D eigenvalue weighted by Crippen LogP contribution is 2.18. The van der Waals surface area contributed by atoms with Crippen molar-refractivity contribution >= 4 is 5.91 Å². The second-order valence-electron chi connectivity index (χ2n) is 5.62. The van der Waals surface area contributed by atoms with Gasteiger partial charge in [-0.15, -0.1) is 0 Å². The molecular weight excluding hydrogens is 308 g/mol. The summed E-state index contributed by atoms with van der Waals surface area (Å²) in [5.74, 6) is 1.49. The predicted molar refractivity (Wildman–Crippen MR) is 86.4 cm³/mol. The zero-order valence-corrected chi connectivity index (χ0v) is 13.7. The predicted octanol–water partition coefficient (Wildman–Crippen LogP) is 2.42. The Morgan fingerprint density at radius 1 is 1.38 bits per heavy atom. The summed E-state index contributed by atoms with van der Waals surface area (Å²) in [6.45, 7) is 4.15. The van der Waals surface area contributed by atoms with Crippen LogP contribution in [0.2, 0.25) is 0 Å². The summed E-state index contributed by atoms with van der Waals surface area (Å²) in [5.41, 5.74) is 1.84. The van der Waals surface area contributed by atoms with Crippen LogP contribution in [0.3, 0.4) is 0 Å². The number of hydrogen-bond acceptors (Lipinski definition) is 5. The van der Waals surface area contributed by atoms with Gasteiger partial charge >= 0.3 is 0 Å². The smallest absolute Gasteiger partial charge is 0.220 e. The van der Waals surface area contributed by atoms with Gasteiger partial charge in [0.05, 0.1) is 12.0 Å². The Kier molecular flexibility index (Phi) is 4.79. The van der Waals surface area contributed by atoms with Gasteiger partial charge in [-0.25, -0.2) is 0 Å². The lowest BCUT2D eigenvalue weighted by Crippen LogP contribution is -2.31. The van der Waals surface area contributed by atoms with E-state index in [2.05, 4.69) is 15.6 Å². The molecule has 1 atom stereocenters. The highest BCUT2D eigenvalue weighted by Gasteiger charge is 2.18. The minimum atomic E-state index is -0.169. The largest absolute Gasteiger partial charge is 0.467 e. The zero-order valence-electron chi connectivity index (χ0n) is 13.7. The van der Waals surface area contributed by atoms with Crippen LogP contribution in [0.4, 0.5) is 0 Å². The molecule has 0 saturated carbocycles. The Hall–Kier alpha value is -2.83. The molecule has 0 bridgehead atoms. The Labute approximate surface area is 139 Å². The molecule has 0 aliphatic rings. The Morgan fingerprint density at radius 3 is 2.88 bits per heavy atom. The summed E-state index contributed by atoms with van der Waals surface area (Å²) >= 11 is 0. The summed E-state index contributed by atoms with van der Waals surface area (Å²) < 4.78 is 12.4. The molecule has 3 heterocycles. The van der Waals surface area contributed by atoms with Gasteiger partial charge in [0.2, 0.25) is 5.91 Å². The number of furan rings is 1. The second-order valence-corrected chi connectivity index (χ2v) is 5.62. The highest BCUT2D eigenvalue weighted by atomic mass is 16.5. The van der Waals surface area contributed by atoms with Crippen LogP contribution in [0.5, 0.6) is 0 Å². The third-order valence-electron chi connectivity index (χ3n) is 3.99. The molecule has 7 nitrogen and oxygen atoms in total. The fourth-order valence-electron chi connectivity index (χ4n) is 2.67. The van der Waals surface area contributed by atoms with Crippen molar-refractivity contribution in [2.75, 3.05) is 6.54 Å². The molecule has 3 aromatic rings. The first-order valence-corrected chi connectivity index (χ1v) is 7.86. The molecule has 0 aliphatic heterocycles. The molecule has 0 saturated heterocycles. The molecule has 0 aromatic carbocycles. The van der Waals surface area contributed by atoms with Gasteiger partial charge in [-0.2, -0.15) is 5.10 Å². The minimum Gasteiger partial charge on any atom is -0.467 e. The SMILES string of the molecule is Cc1noc(C)c1CCC(=O)NC[C@H](c1ccco1)n1cccn1. The van der Waals surface area contributed by atoms with E-state index in [0.717, 1.165) is 22.8 Å². The third kappa shape index (κ3) is 3.56. The first kappa shape index (κ1) is 16.0. The van der Waals surface area contributed by atoms with Crippen molar-refractivity contribution in [1.29, 1.82) is 0 Å². The average Bonchev–Trinajstić information content (AvgIpc) is 3.31. The van der Waals surface area contributed by atoms with Crippen LogP contribution in [0.15, 0.2) is 45.8 Å². The lowest BCUT2D eigenvalue weighted by molar-refractivity contribution is -0.121. The van der Waals surface area contributed by atoms with Crippen LogP contribution in [-0.2, 0) is 11.2 Å². The van der Waals surface area contributed by atoms with Gasteiger partial charge in [0.1, 0.15) is 17.6 Å². The van der Waals surface area contributed by atoms with Gasteiger partial charge in [-0.3, -0.25) is 9.48 Å². The van der Waals surface area contributed by atoms with E-state index in [1.165, 1.54) is 0 Å². The molecule has 0 fully saturated rings. The summed E-state index contributed by atoms with van der Waals surface area (Å²) in [6, 6.07) is 5.38. The molecular formula is C17H20N4O3. The lowest BCUT2D eigenvalue weighted by atomic mass is 10.1. The highest BCUT2D eigenvalue weighted by molar-refractivity contribution is 5.76. The van der Waals surface area contributed by atoms with E-state index >= 15 is 0 Å². The molecule has 0 unspecified atom stereocenters. The van der Waals surface area contributed by atoms with E-state index in [0.29, 0.717) is 19.4 Å². The van der Waals surface area contributed by atoms with E-state index in [-0.39, 0.29) is 11.9 Å². The number of aryl methyl sites for hydroxylation is 2. The van der Waals surface area contributed by atoms with Crippen molar-refractivity contribution in [1.82, 2.24) is 20.3 Å². The van der Waals surface area contributed by atoms with Crippen LogP contribution >= 0.6 is 0 Å². The molecule has 0 radical (unpaired) electrons. The van der Waals surface area contributed by atoms with Crippen molar-refractivity contribution in [3.63, 3.8) is 0 Å². The number of amides is 1. The van der Waals surface area contributed by atoms with E-state index in [9.17, 15) is 4.79 Å². The number of carbonyl (C=O) groups is 1. The molecule has 24 heavy (non-hydrogen) atoms. The standard InChI is InChI=1S/C17H20N4O3/c1-12-14(13(2)24-20-12)6-7-17(22)18-11-15(16-5-3-10-23-16)21-9-4-8-19-21/h3-5,8-10,15H,6-7,11H2,1-2H3,(H,18,22)/t15-/m1/s1. The summed E-state index contributed by atoms with van der Waals surface area (Å²) in [6.07, 6.45) is 6.16. The van der Waals surface area contributed by atoms with Gasteiger partial charge in [0.25, 0.3) is 0 Å². The molecule has 1 N–H and O–H groups in total. The number of hydrogen-bond donors (Lipinski definition) is 1. The Bertz CT molecular complexity index is 721. The molecule has 7 heteroatoms. The van der Waals surface area contributed by atoms with Crippen LogP contribution in [0.25, 0.3) is 0 Å². The van der Waals surface area contributed by atoms with Crippen molar-refractivity contribution in [3.05, 3.63) is 59.6 Å². The van der Waals surface area contributed by atoms with Gasteiger partial charge in [0.15, 0.2) is 0 Å². The van der Waals surface area contributed by atoms with E-state index < -0.39 is 0 Å². The Morgan fingerprint density at radius 2 is 2.25 bits per heavy atom. The minimum absolute atomic E-state index is 0.0290. The molecule has 3 aromatic heterocycles. The maximum Gasteiger partial charge on any atom is 0.220 e. The van der Waals surface area contributed by atoms with E-state index in [1.54, 1.807) is 17.1 Å². The number of carbonyl (C=O) groups excluding carboxylic acids is 1. The fraction of sp³-hybridized carbons (Fsp3) is 0.353. The van der Waals surface area contributed by atoms with Crippen LogP contribution in [-0.4, -0.2) is 27.4 Å². The first-order valence-electron chi connectivity index (χ1n) is 7.86. The average molecular weight is 328 g/mol. The number of nitrogens with zero attached hydrogens (tertiary/aromatic N) is 3. The van der Waals surface area contributed by atoms with Gasteiger partial charge in [-0.05, 0) is 38.5 Å². The van der Waals surface area contributed by atoms with E-state index in [4.69, 9.17) is 8.94 Å². The number of aromatic nitrogens is 3. The second kappa shape index (κ2) is 7.16. The quantitative estimate of drug-likeness (QED) is 0.720. The first-order chi connectivity index (χ1) is 11.6. The normalized spacial score (nSPS) is 12.2. The van der Waals surface area contributed by atoms with Gasteiger partial charge < -0.3 is 14.3 Å². The lowest BCUT2D eigenvalue weighted by Gasteiger charge is -2.16. The Balaban J connectivity index is 1.58. The summed E-state index contributed by atoms with van der Waals surface area (Å²) in [7, 11) is 0. The monoisotopic (exact) mass is 328 g/mol. The van der Waals surface area contributed by atoms with Crippen LogP contribution < -0.4 is 5.32 Å². The molecule has 3 rings (SSSR count). The number of nitrogens with one attached hydrogen (secondary N) is 1. The van der Waals surface area contributed by atoms with Crippen molar-refractivity contribution in [2.24, 2.45) is 0 Å². The molecule has 126 valence electrons. The van der Waals surface area contributed by atoms with Crippen LogP contribution in [0, 0.1) is 13.8 Å². The van der Waals surface area contributed by atoms with Gasteiger partial charge in [0, 0.05) is 30.9 Å². The van der Waals surface area contributed by atoms with Crippen molar-refractivity contribution in [3.8, 4) is 0 Å².